The number of carbonyl (C=O) groups excluding carboxylic acids is 1. The Kier molecular flexibility index (Phi) is 5.88. The molecule has 0 spiro atoms. The van der Waals surface area contributed by atoms with Crippen molar-refractivity contribution in [3.8, 4) is 0 Å². The number of ether oxygens (including phenoxy) is 1. The SMILES string of the molecule is CC.COC(=O)c1ccc(C)c([N+](=O)[O-])c1C. The van der Waals surface area contributed by atoms with Gasteiger partial charge >= 0.3 is 5.97 Å². The van der Waals surface area contributed by atoms with Crippen LogP contribution in [0.1, 0.15) is 35.3 Å². The molecule has 0 amide bonds. The molecular formula is C12H17NO4. The molecule has 0 radical (unpaired) electrons. The van der Waals surface area contributed by atoms with Crippen LogP contribution in [0.2, 0.25) is 0 Å². The van der Waals surface area contributed by atoms with Crippen molar-refractivity contribution in [2.75, 3.05) is 7.11 Å². The Morgan fingerprint density at radius 2 is 1.82 bits per heavy atom. The van der Waals surface area contributed by atoms with Crippen molar-refractivity contribution in [2.45, 2.75) is 27.7 Å². The highest BCUT2D eigenvalue weighted by Gasteiger charge is 2.21. The van der Waals surface area contributed by atoms with Crippen molar-refractivity contribution in [2.24, 2.45) is 0 Å². The van der Waals surface area contributed by atoms with Gasteiger partial charge in [-0.3, -0.25) is 10.1 Å². The van der Waals surface area contributed by atoms with E-state index in [0.717, 1.165) is 0 Å². The summed E-state index contributed by atoms with van der Waals surface area (Å²) < 4.78 is 4.53. The number of nitro groups is 1. The Labute approximate surface area is 101 Å². The molecule has 0 aliphatic heterocycles. The number of benzene rings is 1. The maximum atomic E-state index is 11.3. The number of esters is 1. The summed E-state index contributed by atoms with van der Waals surface area (Å²) in [6, 6.07) is 3.07. The van der Waals surface area contributed by atoms with Gasteiger partial charge in [0.1, 0.15) is 0 Å². The van der Waals surface area contributed by atoms with Crippen LogP contribution in [0.5, 0.6) is 0 Å². The lowest BCUT2D eigenvalue weighted by Crippen LogP contribution is -2.06. The monoisotopic (exact) mass is 239 g/mol. The highest BCUT2D eigenvalue weighted by Crippen LogP contribution is 2.25. The average molecular weight is 239 g/mol. The Morgan fingerprint density at radius 3 is 2.24 bits per heavy atom. The number of methoxy groups -OCH3 is 1. The van der Waals surface area contributed by atoms with Gasteiger partial charge < -0.3 is 4.74 Å². The normalized spacial score (nSPS) is 9.00. The Bertz CT molecular complexity index is 427. The van der Waals surface area contributed by atoms with Gasteiger partial charge in [-0.05, 0) is 19.9 Å². The van der Waals surface area contributed by atoms with Gasteiger partial charge in [-0.25, -0.2) is 4.79 Å². The summed E-state index contributed by atoms with van der Waals surface area (Å²) in [6.45, 7) is 7.17. The average Bonchev–Trinajstić information content (AvgIpc) is 2.30. The molecule has 94 valence electrons. The molecule has 1 aromatic rings. The van der Waals surface area contributed by atoms with Gasteiger partial charge in [0, 0.05) is 11.1 Å². The predicted molar refractivity (Wildman–Crippen MR) is 65.3 cm³/mol. The van der Waals surface area contributed by atoms with Crippen LogP contribution < -0.4 is 0 Å². The molecule has 0 unspecified atom stereocenters. The fourth-order valence-electron chi connectivity index (χ4n) is 1.45. The summed E-state index contributed by atoms with van der Waals surface area (Å²) in [5, 5.41) is 10.8. The fraction of sp³-hybridized carbons (Fsp3) is 0.417. The molecule has 1 rings (SSSR count). The first-order chi connectivity index (χ1) is 7.99. The molecule has 0 saturated carbocycles. The maximum absolute atomic E-state index is 11.3. The minimum Gasteiger partial charge on any atom is -0.465 e. The van der Waals surface area contributed by atoms with Crippen LogP contribution >= 0.6 is 0 Å². The van der Waals surface area contributed by atoms with Gasteiger partial charge in [-0.15, -0.1) is 0 Å². The molecule has 0 fully saturated rings. The van der Waals surface area contributed by atoms with Crippen molar-refractivity contribution >= 4 is 11.7 Å². The standard InChI is InChI=1S/C10H11NO4.C2H6/c1-6-4-5-8(10(12)15-3)7(2)9(6)11(13)14;1-2/h4-5H,1-3H3;1-2H3. The lowest BCUT2D eigenvalue weighted by Gasteiger charge is -2.06. The van der Waals surface area contributed by atoms with Gasteiger partial charge in [-0.2, -0.15) is 0 Å². The van der Waals surface area contributed by atoms with E-state index in [2.05, 4.69) is 4.74 Å². The summed E-state index contributed by atoms with van der Waals surface area (Å²) in [4.78, 5) is 21.5. The molecule has 5 heteroatoms. The van der Waals surface area contributed by atoms with Crippen molar-refractivity contribution < 1.29 is 14.5 Å². The zero-order valence-corrected chi connectivity index (χ0v) is 10.7. The summed E-state index contributed by atoms with van der Waals surface area (Å²) in [7, 11) is 1.24. The van der Waals surface area contributed by atoms with E-state index in [9.17, 15) is 14.9 Å². The van der Waals surface area contributed by atoms with E-state index in [-0.39, 0.29) is 11.3 Å². The second-order valence-electron chi connectivity index (χ2n) is 3.15. The third-order valence-corrected chi connectivity index (χ3v) is 2.22. The zero-order valence-electron chi connectivity index (χ0n) is 10.7. The minimum absolute atomic E-state index is 0.0297. The molecule has 0 heterocycles. The van der Waals surface area contributed by atoms with E-state index >= 15 is 0 Å². The molecule has 0 bridgehead atoms. The molecule has 5 nitrogen and oxygen atoms in total. The minimum atomic E-state index is -0.560. The van der Waals surface area contributed by atoms with Crippen LogP contribution in [-0.2, 0) is 4.74 Å². The number of nitro benzene ring substituents is 1. The summed E-state index contributed by atoms with van der Waals surface area (Å²) in [5.41, 5.74) is 1.07. The highest BCUT2D eigenvalue weighted by molar-refractivity contribution is 5.92. The van der Waals surface area contributed by atoms with Crippen LogP contribution in [0.25, 0.3) is 0 Å². The second kappa shape index (κ2) is 6.62. The predicted octanol–water partition coefficient (Wildman–Crippen LogP) is 3.02. The number of hydrogen-bond acceptors (Lipinski definition) is 4. The first-order valence-corrected chi connectivity index (χ1v) is 5.32. The van der Waals surface area contributed by atoms with Crippen molar-refractivity contribution in [1.82, 2.24) is 0 Å². The van der Waals surface area contributed by atoms with Crippen molar-refractivity contribution in [3.05, 3.63) is 38.9 Å². The van der Waals surface area contributed by atoms with Crippen molar-refractivity contribution in [1.29, 1.82) is 0 Å². The second-order valence-corrected chi connectivity index (χ2v) is 3.15. The van der Waals surface area contributed by atoms with E-state index < -0.39 is 10.9 Å². The molecule has 0 aliphatic rings. The lowest BCUT2D eigenvalue weighted by atomic mass is 10.0. The summed E-state index contributed by atoms with van der Waals surface area (Å²) in [5.74, 6) is -0.560. The molecule has 0 aromatic heterocycles. The quantitative estimate of drug-likeness (QED) is 0.452. The summed E-state index contributed by atoms with van der Waals surface area (Å²) >= 11 is 0. The van der Waals surface area contributed by atoms with Gasteiger partial charge in [-0.1, -0.05) is 19.9 Å². The molecule has 0 saturated heterocycles. The van der Waals surface area contributed by atoms with Gasteiger partial charge in [0.05, 0.1) is 17.6 Å². The molecule has 1 aromatic carbocycles. The molecule has 0 atom stereocenters. The molecular weight excluding hydrogens is 222 g/mol. The van der Waals surface area contributed by atoms with Gasteiger partial charge in [0.15, 0.2) is 0 Å². The fourth-order valence-corrected chi connectivity index (χ4v) is 1.45. The van der Waals surface area contributed by atoms with Crippen molar-refractivity contribution in [3.63, 3.8) is 0 Å². The number of rotatable bonds is 2. The lowest BCUT2D eigenvalue weighted by molar-refractivity contribution is -0.386. The van der Waals surface area contributed by atoms with Crippen LogP contribution in [0.4, 0.5) is 5.69 Å². The first kappa shape index (κ1) is 15.1. The van der Waals surface area contributed by atoms with Crippen LogP contribution in [0.15, 0.2) is 12.1 Å². The number of hydrogen-bond donors (Lipinski definition) is 0. The van der Waals surface area contributed by atoms with Crippen LogP contribution in [-0.4, -0.2) is 18.0 Å². The van der Waals surface area contributed by atoms with Crippen LogP contribution in [0, 0.1) is 24.0 Å². The summed E-state index contributed by atoms with van der Waals surface area (Å²) in [6.07, 6.45) is 0. The largest absolute Gasteiger partial charge is 0.465 e. The van der Waals surface area contributed by atoms with Gasteiger partial charge in [0.2, 0.25) is 0 Å². The maximum Gasteiger partial charge on any atom is 0.338 e. The van der Waals surface area contributed by atoms with E-state index in [1.807, 2.05) is 13.8 Å². The Morgan fingerprint density at radius 1 is 1.29 bits per heavy atom. The number of carbonyl (C=O) groups is 1. The topological polar surface area (TPSA) is 69.4 Å². The van der Waals surface area contributed by atoms with E-state index in [1.165, 1.54) is 26.2 Å². The highest BCUT2D eigenvalue weighted by atomic mass is 16.6. The first-order valence-electron chi connectivity index (χ1n) is 5.32. The van der Waals surface area contributed by atoms with E-state index in [4.69, 9.17) is 0 Å². The molecule has 17 heavy (non-hydrogen) atoms. The van der Waals surface area contributed by atoms with Gasteiger partial charge in [0.25, 0.3) is 5.69 Å². The Balaban J connectivity index is 0.00000121. The van der Waals surface area contributed by atoms with E-state index in [1.54, 1.807) is 6.92 Å². The Hall–Kier alpha value is -1.91. The molecule has 0 N–H and O–H groups in total. The smallest absolute Gasteiger partial charge is 0.338 e. The number of aryl methyl sites for hydroxylation is 1. The zero-order chi connectivity index (χ0) is 13.6. The third-order valence-electron chi connectivity index (χ3n) is 2.22. The van der Waals surface area contributed by atoms with E-state index in [0.29, 0.717) is 11.1 Å². The number of nitrogens with zero attached hydrogens (tertiary/aromatic N) is 1. The third kappa shape index (κ3) is 3.27. The van der Waals surface area contributed by atoms with Crippen LogP contribution in [0.3, 0.4) is 0 Å². The molecule has 0 aliphatic carbocycles.